The van der Waals surface area contributed by atoms with Crippen LogP contribution in [0.15, 0.2) is 140 Å². The van der Waals surface area contributed by atoms with E-state index < -0.39 is 0 Å². The minimum Gasteiger partial charge on any atom is -0.292 e. The van der Waals surface area contributed by atoms with E-state index in [-0.39, 0.29) is 0 Å². The van der Waals surface area contributed by atoms with Crippen molar-refractivity contribution in [3.63, 3.8) is 0 Å². The first-order valence-corrected chi connectivity index (χ1v) is 13.9. The van der Waals surface area contributed by atoms with Crippen LogP contribution >= 0.6 is 0 Å². The smallest absolute Gasteiger partial charge is 0.147 e. The molecule has 0 aliphatic carbocycles. The number of benzene rings is 6. The van der Waals surface area contributed by atoms with Crippen LogP contribution in [0.2, 0.25) is 0 Å². The first-order chi connectivity index (χ1) is 20.3. The van der Waals surface area contributed by atoms with Gasteiger partial charge < -0.3 is 0 Å². The molecular formula is C38H23N3. The van der Waals surface area contributed by atoms with Gasteiger partial charge in [0, 0.05) is 21.9 Å². The van der Waals surface area contributed by atoms with Crippen molar-refractivity contribution in [2.45, 2.75) is 0 Å². The molecule has 0 atom stereocenters. The summed E-state index contributed by atoms with van der Waals surface area (Å²) < 4.78 is 2.32. The van der Waals surface area contributed by atoms with Gasteiger partial charge in [-0.05, 0) is 69.4 Å². The molecule has 0 fully saturated rings. The summed E-state index contributed by atoms with van der Waals surface area (Å²) in [5, 5.41) is 8.47. The van der Waals surface area contributed by atoms with Crippen molar-refractivity contribution >= 4 is 59.9 Å². The van der Waals surface area contributed by atoms with Crippen molar-refractivity contribution in [1.29, 1.82) is 0 Å². The number of rotatable bonds is 2. The van der Waals surface area contributed by atoms with Crippen molar-refractivity contribution in [3.8, 4) is 22.5 Å². The number of fused-ring (bicyclic) bond motifs is 11. The molecule has 6 aromatic carbocycles. The second-order valence-corrected chi connectivity index (χ2v) is 10.7. The van der Waals surface area contributed by atoms with E-state index in [0.29, 0.717) is 0 Å². The molecule has 0 saturated carbocycles. The zero-order chi connectivity index (χ0) is 26.9. The van der Waals surface area contributed by atoms with Gasteiger partial charge in [0.15, 0.2) is 0 Å². The highest BCUT2D eigenvalue weighted by Crippen LogP contribution is 2.38. The largest absolute Gasteiger partial charge is 0.292 e. The Balaban J connectivity index is 1.32. The normalized spacial score (nSPS) is 11.9. The topological polar surface area (TPSA) is 30.2 Å². The number of para-hydroxylation sites is 2. The average Bonchev–Trinajstić information content (AvgIpc) is 3.44. The van der Waals surface area contributed by atoms with Crippen LogP contribution in [-0.2, 0) is 0 Å². The van der Waals surface area contributed by atoms with Gasteiger partial charge in [-0.15, -0.1) is 0 Å². The van der Waals surface area contributed by atoms with E-state index in [1.165, 1.54) is 37.7 Å². The number of hydrogen-bond donors (Lipinski definition) is 0. The summed E-state index contributed by atoms with van der Waals surface area (Å²) in [5.41, 5.74) is 8.41. The molecule has 41 heavy (non-hydrogen) atoms. The summed E-state index contributed by atoms with van der Waals surface area (Å²) in [5.74, 6) is 0. The summed E-state index contributed by atoms with van der Waals surface area (Å²) in [6, 6.07) is 49.5. The third-order valence-electron chi connectivity index (χ3n) is 8.33. The molecule has 3 nitrogen and oxygen atoms in total. The van der Waals surface area contributed by atoms with Gasteiger partial charge in [0.1, 0.15) is 5.65 Å². The Labute approximate surface area is 236 Å². The van der Waals surface area contributed by atoms with Crippen LogP contribution in [0.4, 0.5) is 0 Å². The molecule has 0 spiro atoms. The fourth-order valence-corrected chi connectivity index (χ4v) is 6.39. The lowest BCUT2D eigenvalue weighted by Gasteiger charge is -2.13. The summed E-state index contributed by atoms with van der Waals surface area (Å²) >= 11 is 0. The summed E-state index contributed by atoms with van der Waals surface area (Å²) in [6.07, 6.45) is 0. The lowest BCUT2D eigenvalue weighted by atomic mass is 9.97. The zero-order valence-electron chi connectivity index (χ0n) is 22.1. The molecule has 0 saturated heterocycles. The van der Waals surface area contributed by atoms with E-state index >= 15 is 0 Å². The monoisotopic (exact) mass is 521 g/mol. The first kappa shape index (κ1) is 22.3. The molecule has 0 unspecified atom stereocenters. The highest BCUT2D eigenvalue weighted by atomic mass is 15.0. The van der Waals surface area contributed by atoms with E-state index in [2.05, 4.69) is 144 Å². The van der Waals surface area contributed by atoms with Crippen LogP contribution in [0.3, 0.4) is 0 Å². The Bertz CT molecular complexity index is 2490. The van der Waals surface area contributed by atoms with Gasteiger partial charge in [0.05, 0.1) is 27.9 Å². The number of aromatic nitrogens is 3. The van der Waals surface area contributed by atoms with Crippen LogP contribution < -0.4 is 0 Å². The Hall–Kier alpha value is -5.54. The summed E-state index contributed by atoms with van der Waals surface area (Å²) in [6.45, 7) is 0. The Morgan fingerprint density at radius 2 is 1.12 bits per heavy atom. The van der Waals surface area contributed by atoms with Crippen molar-refractivity contribution in [1.82, 2.24) is 14.4 Å². The van der Waals surface area contributed by atoms with E-state index in [4.69, 9.17) is 9.97 Å². The SMILES string of the molecule is c1cc(-c2ccc3ccccc3c2)nc(-c2ccc3c(c2)c2ccc4ccccc4c2c2nc4ccccc4n32)c1. The van der Waals surface area contributed by atoms with Crippen LogP contribution in [0.1, 0.15) is 0 Å². The first-order valence-electron chi connectivity index (χ1n) is 13.9. The van der Waals surface area contributed by atoms with Crippen molar-refractivity contribution in [2.24, 2.45) is 0 Å². The van der Waals surface area contributed by atoms with Gasteiger partial charge >= 0.3 is 0 Å². The maximum atomic E-state index is 5.14. The lowest BCUT2D eigenvalue weighted by Crippen LogP contribution is -1.94. The molecule has 0 radical (unpaired) electrons. The second kappa shape index (κ2) is 8.48. The van der Waals surface area contributed by atoms with Crippen LogP contribution in [0.25, 0.3) is 82.4 Å². The third-order valence-corrected chi connectivity index (χ3v) is 8.33. The number of nitrogens with zero attached hydrogens (tertiary/aromatic N) is 3. The predicted octanol–water partition coefficient (Wildman–Crippen LogP) is 9.83. The molecule has 3 heterocycles. The van der Waals surface area contributed by atoms with E-state index in [1.807, 2.05) is 0 Å². The van der Waals surface area contributed by atoms with Crippen LogP contribution in [0, 0.1) is 0 Å². The average molecular weight is 522 g/mol. The molecule has 0 amide bonds. The van der Waals surface area contributed by atoms with Crippen molar-refractivity contribution in [2.75, 3.05) is 0 Å². The maximum absolute atomic E-state index is 5.14. The minimum absolute atomic E-state index is 0.960. The van der Waals surface area contributed by atoms with Gasteiger partial charge in [-0.3, -0.25) is 4.40 Å². The molecule has 0 aliphatic rings. The molecule has 9 aromatic rings. The van der Waals surface area contributed by atoms with E-state index in [1.54, 1.807) is 0 Å². The van der Waals surface area contributed by atoms with Gasteiger partial charge in [0.2, 0.25) is 0 Å². The molecule has 0 aliphatic heterocycles. The highest BCUT2D eigenvalue weighted by Gasteiger charge is 2.16. The van der Waals surface area contributed by atoms with E-state index in [0.717, 1.165) is 44.7 Å². The van der Waals surface area contributed by atoms with Crippen molar-refractivity contribution < 1.29 is 0 Å². The second-order valence-electron chi connectivity index (χ2n) is 10.7. The molecule has 190 valence electrons. The number of hydrogen-bond acceptors (Lipinski definition) is 2. The fourth-order valence-electron chi connectivity index (χ4n) is 6.39. The molecule has 3 heteroatoms. The highest BCUT2D eigenvalue weighted by molar-refractivity contribution is 6.23. The molecule has 3 aromatic heterocycles. The standard InChI is InChI=1S/C38H23N3/c1-2-10-26-22-27(17-16-24(26)8-1)32-13-7-14-33(39-32)28-19-21-35-31(23-28)30-20-18-25-9-3-4-11-29(25)37(30)38-40-34-12-5-6-15-36(34)41(35)38/h1-23H. The minimum atomic E-state index is 0.960. The van der Waals surface area contributed by atoms with Gasteiger partial charge in [-0.2, -0.15) is 0 Å². The van der Waals surface area contributed by atoms with Gasteiger partial charge in [0.25, 0.3) is 0 Å². The van der Waals surface area contributed by atoms with Crippen LogP contribution in [-0.4, -0.2) is 14.4 Å². The van der Waals surface area contributed by atoms with Gasteiger partial charge in [-0.1, -0.05) is 97.1 Å². The fraction of sp³-hybridized carbons (Fsp3) is 0. The lowest BCUT2D eigenvalue weighted by molar-refractivity contribution is 1.31. The Morgan fingerprint density at radius 3 is 2.02 bits per heavy atom. The Kier molecular flexibility index (Phi) is 4.61. The number of imidazole rings is 1. The number of pyridine rings is 2. The molecular weight excluding hydrogens is 498 g/mol. The van der Waals surface area contributed by atoms with Crippen molar-refractivity contribution in [3.05, 3.63) is 140 Å². The third kappa shape index (κ3) is 3.33. The quantitative estimate of drug-likeness (QED) is 0.212. The zero-order valence-corrected chi connectivity index (χ0v) is 22.1. The van der Waals surface area contributed by atoms with E-state index in [9.17, 15) is 0 Å². The van der Waals surface area contributed by atoms with Gasteiger partial charge in [-0.25, -0.2) is 9.97 Å². The summed E-state index contributed by atoms with van der Waals surface area (Å²) in [7, 11) is 0. The van der Waals surface area contributed by atoms with Crippen LogP contribution in [0.5, 0.6) is 0 Å². The summed E-state index contributed by atoms with van der Waals surface area (Å²) in [4.78, 5) is 10.3. The Morgan fingerprint density at radius 1 is 0.415 bits per heavy atom. The maximum Gasteiger partial charge on any atom is 0.147 e. The predicted molar refractivity (Wildman–Crippen MR) is 171 cm³/mol. The molecule has 0 bridgehead atoms. The molecule has 0 N–H and O–H groups in total. The molecule has 9 rings (SSSR count).